The van der Waals surface area contributed by atoms with Gasteiger partial charge in [-0.15, -0.1) is 0 Å². The van der Waals surface area contributed by atoms with E-state index in [1.807, 2.05) is 12.1 Å². The normalized spacial score (nSPS) is 24.5. The summed E-state index contributed by atoms with van der Waals surface area (Å²) in [4.78, 5) is 0. The molecular formula is C24H24F3N. The highest BCUT2D eigenvalue weighted by atomic mass is 19.1. The fourth-order valence-electron chi connectivity index (χ4n) is 4.94. The van der Waals surface area contributed by atoms with E-state index in [9.17, 15) is 13.2 Å². The van der Waals surface area contributed by atoms with Crippen LogP contribution >= 0.6 is 0 Å². The lowest BCUT2D eigenvalue weighted by Gasteiger charge is -2.28. The van der Waals surface area contributed by atoms with Crippen molar-refractivity contribution in [2.24, 2.45) is 5.92 Å². The van der Waals surface area contributed by atoms with Gasteiger partial charge in [-0.25, -0.2) is 13.2 Å². The van der Waals surface area contributed by atoms with Gasteiger partial charge in [0.2, 0.25) is 0 Å². The number of hydrogen-bond donors (Lipinski definition) is 0. The van der Waals surface area contributed by atoms with E-state index in [1.54, 1.807) is 12.1 Å². The van der Waals surface area contributed by atoms with E-state index in [2.05, 4.69) is 6.92 Å². The number of benzene rings is 2. The fraction of sp³-hybridized carbons (Fsp3) is 0.458. The molecule has 0 spiro atoms. The van der Waals surface area contributed by atoms with Crippen LogP contribution in [-0.2, 0) is 12.8 Å². The maximum atomic E-state index is 14.9. The van der Waals surface area contributed by atoms with Crippen molar-refractivity contribution in [1.29, 1.82) is 5.26 Å². The second-order valence-electron chi connectivity index (χ2n) is 8.47. The summed E-state index contributed by atoms with van der Waals surface area (Å²) >= 11 is 0. The largest absolute Gasteiger partial charge is 0.207 e. The number of nitrogens with zero attached hydrogens (tertiary/aromatic N) is 1. The van der Waals surface area contributed by atoms with Crippen molar-refractivity contribution in [1.82, 2.24) is 0 Å². The zero-order chi connectivity index (χ0) is 19.8. The lowest BCUT2D eigenvalue weighted by molar-refractivity contribution is 0.347. The topological polar surface area (TPSA) is 23.8 Å². The third-order valence-electron chi connectivity index (χ3n) is 6.68. The molecule has 0 amide bonds. The summed E-state index contributed by atoms with van der Waals surface area (Å²) in [6.45, 7) is 2.27. The van der Waals surface area contributed by atoms with E-state index in [1.165, 1.54) is 18.9 Å². The van der Waals surface area contributed by atoms with Gasteiger partial charge in [0.05, 0.1) is 0 Å². The van der Waals surface area contributed by atoms with E-state index in [0.717, 1.165) is 24.3 Å². The molecule has 0 bridgehead atoms. The molecule has 2 aliphatic rings. The number of rotatable bonds is 2. The smallest absolute Gasteiger partial charge is 0.147 e. The van der Waals surface area contributed by atoms with Crippen LogP contribution in [0.25, 0.3) is 0 Å². The Bertz CT molecular complexity index is 936. The molecule has 146 valence electrons. The first-order chi connectivity index (χ1) is 13.5. The highest BCUT2D eigenvalue weighted by Crippen LogP contribution is 2.39. The summed E-state index contributed by atoms with van der Waals surface area (Å²) in [6, 6.07) is 8.42. The molecule has 2 aromatic carbocycles. The van der Waals surface area contributed by atoms with Crippen molar-refractivity contribution in [2.75, 3.05) is 0 Å². The van der Waals surface area contributed by atoms with Crippen LogP contribution in [0.3, 0.4) is 0 Å². The van der Waals surface area contributed by atoms with Crippen LogP contribution in [0.2, 0.25) is 0 Å². The molecule has 1 unspecified atom stereocenters. The molecule has 2 aromatic rings. The number of fused-ring (bicyclic) bond motifs is 1. The van der Waals surface area contributed by atoms with Gasteiger partial charge in [0.15, 0.2) is 0 Å². The average molecular weight is 383 g/mol. The monoisotopic (exact) mass is 383 g/mol. The standard InChI is InChI=1S/C24H24F3N/c1-14-2-4-15(5-3-14)16-6-8-19(22(25)11-16)17-7-9-20-18(10-17)12-23(26)21(13-28)24(20)27/h6,8,11-12,14-15,17H,2-5,7,9-10H2,1H3. The van der Waals surface area contributed by atoms with Gasteiger partial charge in [-0.3, -0.25) is 0 Å². The van der Waals surface area contributed by atoms with Crippen LogP contribution in [0.1, 0.15) is 78.7 Å². The van der Waals surface area contributed by atoms with Crippen LogP contribution in [0, 0.1) is 34.7 Å². The summed E-state index contributed by atoms with van der Waals surface area (Å²) < 4.78 is 43.3. The third-order valence-corrected chi connectivity index (χ3v) is 6.68. The van der Waals surface area contributed by atoms with Gasteiger partial charge in [0, 0.05) is 0 Å². The van der Waals surface area contributed by atoms with Crippen LogP contribution in [0.15, 0.2) is 24.3 Å². The van der Waals surface area contributed by atoms with Crippen molar-refractivity contribution in [2.45, 2.75) is 63.7 Å². The molecule has 1 nitrogen and oxygen atoms in total. The second-order valence-corrected chi connectivity index (χ2v) is 8.47. The Kier molecular flexibility index (Phi) is 5.19. The van der Waals surface area contributed by atoms with Crippen LogP contribution in [0.4, 0.5) is 13.2 Å². The van der Waals surface area contributed by atoms with Gasteiger partial charge in [0.1, 0.15) is 29.1 Å². The molecule has 4 heteroatoms. The minimum atomic E-state index is -0.832. The Morgan fingerprint density at radius 2 is 1.68 bits per heavy atom. The van der Waals surface area contributed by atoms with Gasteiger partial charge in [-0.2, -0.15) is 5.26 Å². The Balaban J connectivity index is 1.57. The zero-order valence-corrected chi connectivity index (χ0v) is 16.1. The Labute approximate surface area is 164 Å². The number of halogens is 3. The molecule has 1 saturated carbocycles. The van der Waals surface area contributed by atoms with Gasteiger partial charge in [-0.1, -0.05) is 31.9 Å². The molecule has 1 atom stereocenters. The molecular weight excluding hydrogens is 359 g/mol. The number of nitriles is 1. The van der Waals surface area contributed by atoms with Gasteiger partial charge in [0.25, 0.3) is 0 Å². The molecule has 0 heterocycles. The average Bonchev–Trinajstić information content (AvgIpc) is 2.68. The van der Waals surface area contributed by atoms with E-state index in [0.29, 0.717) is 41.9 Å². The van der Waals surface area contributed by atoms with Gasteiger partial charge in [-0.05, 0) is 84.2 Å². The zero-order valence-electron chi connectivity index (χ0n) is 16.1. The summed E-state index contributed by atoms with van der Waals surface area (Å²) in [5.74, 6) is -0.705. The first-order valence-electron chi connectivity index (χ1n) is 10.2. The predicted octanol–water partition coefficient (Wildman–Crippen LogP) is 6.54. The Morgan fingerprint density at radius 3 is 2.36 bits per heavy atom. The van der Waals surface area contributed by atoms with E-state index >= 15 is 0 Å². The van der Waals surface area contributed by atoms with E-state index in [4.69, 9.17) is 5.26 Å². The lowest BCUT2D eigenvalue weighted by atomic mass is 9.77. The van der Waals surface area contributed by atoms with Crippen molar-refractivity contribution >= 4 is 0 Å². The summed E-state index contributed by atoms with van der Waals surface area (Å²) in [6.07, 6.45) is 5.98. The molecule has 0 N–H and O–H groups in total. The first-order valence-corrected chi connectivity index (χ1v) is 10.2. The van der Waals surface area contributed by atoms with Crippen molar-refractivity contribution in [3.05, 3.63) is 69.5 Å². The maximum Gasteiger partial charge on any atom is 0.147 e. The van der Waals surface area contributed by atoms with Gasteiger partial charge < -0.3 is 0 Å². The lowest BCUT2D eigenvalue weighted by Crippen LogP contribution is -2.17. The molecule has 0 aliphatic heterocycles. The van der Waals surface area contributed by atoms with E-state index < -0.39 is 17.2 Å². The summed E-state index contributed by atoms with van der Waals surface area (Å²) in [5.41, 5.74) is 2.14. The van der Waals surface area contributed by atoms with Crippen molar-refractivity contribution in [3.8, 4) is 6.07 Å². The summed E-state index contributed by atoms with van der Waals surface area (Å²) in [5, 5.41) is 8.94. The van der Waals surface area contributed by atoms with E-state index in [-0.39, 0.29) is 11.7 Å². The molecule has 4 rings (SSSR count). The van der Waals surface area contributed by atoms with Crippen LogP contribution < -0.4 is 0 Å². The van der Waals surface area contributed by atoms with Crippen molar-refractivity contribution < 1.29 is 13.2 Å². The minimum Gasteiger partial charge on any atom is -0.207 e. The SMILES string of the molecule is CC1CCC(c2ccc(C3CCc4c(cc(F)c(C#N)c4F)C3)c(F)c2)CC1. The molecule has 0 aromatic heterocycles. The second kappa shape index (κ2) is 7.62. The minimum absolute atomic E-state index is 0.0975. The number of hydrogen-bond acceptors (Lipinski definition) is 1. The summed E-state index contributed by atoms with van der Waals surface area (Å²) in [7, 11) is 0. The fourth-order valence-corrected chi connectivity index (χ4v) is 4.94. The predicted molar refractivity (Wildman–Crippen MR) is 103 cm³/mol. The molecule has 0 radical (unpaired) electrons. The van der Waals surface area contributed by atoms with Gasteiger partial charge >= 0.3 is 0 Å². The molecule has 0 saturated heterocycles. The van der Waals surface area contributed by atoms with Crippen LogP contribution in [-0.4, -0.2) is 0 Å². The first kappa shape index (κ1) is 19.1. The van der Waals surface area contributed by atoms with Crippen molar-refractivity contribution in [3.63, 3.8) is 0 Å². The quantitative estimate of drug-likeness (QED) is 0.577. The molecule has 28 heavy (non-hydrogen) atoms. The Hall–Kier alpha value is -2.28. The highest BCUT2D eigenvalue weighted by Gasteiger charge is 2.28. The molecule has 2 aliphatic carbocycles. The van der Waals surface area contributed by atoms with Crippen LogP contribution in [0.5, 0.6) is 0 Å². The third kappa shape index (κ3) is 3.43. The highest BCUT2D eigenvalue weighted by molar-refractivity contribution is 5.44. The molecule has 1 fully saturated rings. The Morgan fingerprint density at radius 1 is 0.929 bits per heavy atom. The maximum absolute atomic E-state index is 14.9.